The van der Waals surface area contributed by atoms with Gasteiger partial charge >= 0.3 is 0 Å². The molecule has 2 aromatic carbocycles. The van der Waals surface area contributed by atoms with Crippen LogP contribution < -0.4 is 20.5 Å². The van der Waals surface area contributed by atoms with E-state index in [1.807, 2.05) is 50.2 Å². The van der Waals surface area contributed by atoms with E-state index in [9.17, 15) is 9.59 Å². The van der Waals surface area contributed by atoms with Crippen LogP contribution in [0.25, 0.3) is 22.3 Å². The lowest BCUT2D eigenvalue weighted by Crippen LogP contribution is -2.37. The molecule has 8 heteroatoms. The summed E-state index contributed by atoms with van der Waals surface area (Å²) in [5.41, 5.74) is 2.17. The summed E-state index contributed by atoms with van der Waals surface area (Å²) in [4.78, 5) is 36.4. The molecule has 5 rings (SSSR count). The van der Waals surface area contributed by atoms with E-state index in [4.69, 9.17) is 9.72 Å². The summed E-state index contributed by atoms with van der Waals surface area (Å²) in [6, 6.07) is 13.3. The summed E-state index contributed by atoms with van der Waals surface area (Å²) in [6.07, 6.45) is 3.85. The van der Waals surface area contributed by atoms with Gasteiger partial charge < -0.3 is 19.9 Å². The highest BCUT2D eigenvalue weighted by Crippen LogP contribution is 2.30. The second-order valence-corrected chi connectivity index (χ2v) is 10.6. The highest BCUT2D eigenvalue weighted by atomic mass is 16.5. The Hall–Kier alpha value is -3.39. The number of hydrogen-bond acceptors (Lipinski definition) is 6. The normalized spacial score (nSPS) is 16.7. The number of nitrogens with one attached hydrogen (secondary N) is 1. The molecule has 2 heterocycles. The van der Waals surface area contributed by atoms with E-state index in [0.29, 0.717) is 22.5 Å². The number of fused-ring (bicyclic) bond motifs is 1. The zero-order valence-electron chi connectivity index (χ0n) is 22.1. The third kappa shape index (κ3) is 5.96. The number of methoxy groups -OCH3 is 1. The Morgan fingerprint density at radius 3 is 2.70 bits per heavy atom. The van der Waals surface area contributed by atoms with Crippen molar-refractivity contribution in [2.45, 2.75) is 45.7 Å². The summed E-state index contributed by atoms with van der Waals surface area (Å²) in [5.74, 6) is 1.79. The minimum absolute atomic E-state index is 0.0222. The number of benzene rings is 2. The first-order valence-corrected chi connectivity index (χ1v) is 13.4. The molecule has 1 saturated carbocycles. The zero-order chi connectivity index (χ0) is 25.9. The monoisotopic (exact) mass is 503 g/mol. The Morgan fingerprint density at radius 2 is 1.95 bits per heavy atom. The van der Waals surface area contributed by atoms with Crippen LogP contribution in [-0.4, -0.2) is 66.2 Å². The van der Waals surface area contributed by atoms with E-state index in [0.717, 1.165) is 49.8 Å². The number of rotatable bonds is 8. The van der Waals surface area contributed by atoms with Gasteiger partial charge in [-0.2, -0.15) is 0 Å². The van der Waals surface area contributed by atoms with Crippen LogP contribution in [0.5, 0.6) is 5.75 Å². The SMILES string of the molecule is COc1cccc(-c2nc3ccc(N4CCCN(CC5CC5)CC4)cc3c(=O)n2CC(=O)NC(C)C)c1. The number of carbonyl (C=O) groups is 1. The Balaban J connectivity index is 1.51. The van der Waals surface area contributed by atoms with Crippen LogP contribution >= 0.6 is 0 Å². The Morgan fingerprint density at radius 1 is 1.11 bits per heavy atom. The molecule has 0 spiro atoms. The number of carbonyl (C=O) groups excluding carboxylic acids is 1. The van der Waals surface area contributed by atoms with E-state index in [-0.39, 0.29) is 24.1 Å². The number of ether oxygens (including phenoxy) is 1. The van der Waals surface area contributed by atoms with Crippen molar-refractivity contribution in [2.75, 3.05) is 44.7 Å². The van der Waals surface area contributed by atoms with E-state index in [1.165, 1.54) is 24.0 Å². The third-order valence-corrected chi connectivity index (χ3v) is 7.18. The van der Waals surface area contributed by atoms with Gasteiger partial charge in [-0.3, -0.25) is 14.2 Å². The molecular weight excluding hydrogens is 466 g/mol. The van der Waals surface area contributed by atoms with Gasteiger partial charge in [-0.15, -0.1) is 0 Å². The van der Waals surface area contributed by atoms with Crippen molar-refractivity contribution < 1.29 is 9.53 Å². The average Bonchev–Trinajstić information content (AvgIpc) is 3.73. The standard InChI is InChI=1S/C29H37N5O3/c1-20(2)30-27(35)19-34-28(22-6-4-7-24(16-22)37-3)31-26-11-10-23(17-25(26)29(34)36)33-13-5-12-32(14-15-33)18-21-8-9-21/h4,6-7,10-11,16-17,20-21H,5,8-9,12-15,18-19H2,1-3H3,(H,30,35). The average molecular weight is 504 g/mol. The van der Waals surface area contributed by atoms with Crippen molar-refractivity contribution in [1.82, 2.24) is 19.8 Å². The van der Waals surface area contributed by atoms with Crippen LogP contribution in [0.15, 0.2) is 47.3 Å². The van der Waals surface area contributed by atoms with Gasteiger partial charge in [-0.1, -0.05) is 12.1 Å². The lowest BCUT2D eigenvalue weighted by Gasteiger charge is -2.24. The van der Waals surface area contributed by atoms with Crippen LogP contribution in [0.2, 0.25) is 0 Å². The molecule has 1 amide bonds. The molecule has 3 aromatic rings. The van der Waals surface area contributed by atoms with E-state index in [1.54, 1.807) is 7.11 Å². The number of anilines is 1. The fourth-order valence-electron chi connectivity index (χ4n) is 5.12. The number of nitrogens with zero attached hydrogens (tertiary/aromatic N) is 4. The minimum atomic E-state index is -0.221. The lowest BCUT2D eigenvalue weighted by atomic mass is 10.1. The molecule has 8 nitrogen and oxygen atoms in total. The van der Waals surface area contributed by atoms with Crippen molar-refractivity contribution in [1.29, 1.82) is 0 Å². The summed E-state index contributed by atoms with van der Waals surface area (Å²) in [7, 11) is 1.60. The van der Waals surface area contributed by atoms with Gasteiger partial charge in [0.1, 0.15) is 18.1 Å². The molecule has 2 aliphatic rings. The molecule has 2 fully saturated rings. The highest BCUT2D eigenvalue weighted by molar-refractivity contribution is 5.84. The van der Waals surface area contributed by atoms with Crippen molar-refractivity contribution in [3.63, 3.8) is 0 Å². The molecule has 1 aliphatic heterocycles. The van der Waals surface area contributed by atoms with Gasteiger partial charge in [0, 0.05) is 43.5 Å². The van der Waals surface area contributed by atoms with Gasteiger partial charge in [-0.25, -0.2) is 4.98 Å². The molecule has 37 heavy (non-hydrogen) atoms. The van der Waals surface area contributed by atoms with E-state index >= 15 is 0 Å². The maximum Gasteiger partial charge on any atom is 0.262 e. The molecule has 0 atom stereocenters. The second-order valence-electron chi connectivity index (χ2n) is 10.6. The van der Waals surface area contributed by atoms with Crippen LogP contribution in [0.4, 0.5) is 5.69 Å². The Bertz CT molecular complexity index is 1330. The first-order valence-electron chi connectivity index (χ1n) is 13.4. The molecule has 1 aliphatic carbocycles. The lowest BCUT2D eigenvalue weighted by molar-refractivity contribution is -0.122. The summed E-state index contributed by atoms with van der Waals surface area (Å²) >= 11 is 0. The fourth-order valence-corrected chi connectivity index (χ4v) is 5.12. The molecular formula is C29H37N5O3. The highest BCUT2D eigenvalue weighted by Gasteiger charge is 2.26. The predicted molar refractivity (Wildman–Crippen MR) is 147 cm³/mol. The minimum Gasteiger partial charge on any atom is -0.497 e. The smallest absolute Gasteiger partial charge is 0.262 e. The van der Waals surface area contributed by atoms with Crippen molar-refractivity contribution in [3.05, 3.63) is 52.8 Å². The topological polar surface area (TPSA) is 79.7 Å². The molecule has 1 N–H and O–H groups in total. The largest absolute Gasteiger partial charge is 0.497 e. The molecule has 1 saturated heterocycles. The summed E-state index contributed by atoms with van der Waals surface area (Å²) in [6.45, 7) is 9.00. The molecule has 0 radical (unpaired) electrons. The molecule has 196 valence electrons. The van der Waals surface area contributed by atoms with Crippen LogP contribution in [0, 0.1) is 5.92 Å². The number of amides is 1. The Kier molecular flexibility index (Phi) is 7.46. The molecule has 0 bridgehead atoms. The number of hydrogen-bond donors (Lipinski definition) is 1. The van der Waals surface area contributed by atoms with Gasteiger partial charge in [-0.05, 0) is 75.9 Å². The predicted octanol–water partition coefficient (Wildman–Crippen LogP) is 3.52. The molecule has 0 unspecified atom stereocenters. The molecule has 1 aromatic heterocycles. The fraction of sp³-hybridized carbons (Fsp3) is 0.483. The maximum absolute atomic E-state index is 13.9. The van der Waals surface area contributed by atoms with Crippen molar-refractivity contribution >= 4 is 22.5 Å². The summed E-state index contributed by atoms with van der Waals surface area (Å²) in [5, 5.41) is 3.42. The van der Waals surface area contributed by atoms with Crippen LogP contribution in [-0.2, 0) is 11.3 Å². The van der Waals surface area contributed by atoms with Crippen molar-refractivity contribution in [2.24, 2.45) is 5.92 Å². The second kappa shape index (κ2) is 10.9. The summed E-state index contributed by atoms with van der Waals surface area (Å²) < 4.78 is 6.87. The Labute approximate surface area is 218 Å². The zero-order valence-corrected chi connectivity index (χ0v) is 22.1. The van der Waals surface area contributed by atoms with E-state index < -0.39 is 0 Å². The number of aromatic nitrogens is 2. The maximum atomic E-state index is 13.9. The van der Waals surface area contributed by atoms with Gasteiger partial charge in [0.25, 0.3) is 5.56 Å². The van der Waals surface area contributed by atoms with Crippen molar-refractivity contribution in [3.8, 4) is 17.1 Å². The van der Waals surface area contributed by atoms with Crippen LogP contribution in [0.1, 0.15) is 33.1 Å². The third-order valence-electron chi connectivity index (χ3n) is 7.18. The van der Waals surface area contributed by atoms with Gasteiger partial charge in [0.2, 0.25) is 5.91 Å². The van der Waals surface area contributed by atoms with E-state index in [2.05, 4.69) is 21.2 Å². The first-order chi connectivity index (χ1) is 17.9. The quantitative estimate of drug-likeness (QED) is 0.507. The van der Waals surface area contributed by atoms with Gasteiger partial charge in [0.05, 0.1) is 18.0 Å². The van der Waals surface area contributed by atoms with Crippen LogP contribution in [0.3, 0.4) is 0 Å². The first kappa shape index (κ1) is 25.3. The van der Waals surface area contributed by atoms with Gasteiger partial charge in [0.15, 0.2) is 0 Å².